The van der Waals surface area contributed by atoms with Crippen LogP contribution in [-0.2, 0) is 0 Å². The Kier molecular flexibility index (Phi) is 3.79. The first-order chi connectivity index (χ1) is 12.0. The Balaban J connectivity index is 1.47. The predicted octanol–water partition coefficient (Wildman–Crippen LogP) is 7.54. The number of allylic oxidation sites excluding steroid dienone is 2. The summed E-state index contributed by atoms with van der Waals surface area (Å²) in [6.45, 7) is 8.16. The highest BCUT2D eigenvalue weighted by atomic mass is 14.7. The van der Waals surface area contributed by atoms with Crippen LogP contribution in [0.25, 0.3) is 0 Å². The highest BCUT2D eigenvalue weighted by Crippen LogP contribution is 2.72. The van der Waals surface area contributed by atoms with Crippen molar-refractivity contribution in [3.63, 3.8) is 0 Å². The van der Waals surface area contributed by atoms with Crippen LogP contribution in [0.1, 0.15) is 104 Å². The highest BCUT2D eigenvalue weighted by molar-refractivity contribution is 5.24. The number of fused-ring (bicyclic) bond motifs is 5. The van der Waals surface area contributed by atoms with E-state index in [1.807, 2.05) is 5.57 Å². The minimum atomic E-state index is 0.578. The van der Waals surface area contributed by atoms with Crippen molar-refractivity contribution in [3.8, 4) is 0 Å². The van der Waals surface area contributed by atoms with Crippen molar-refractivity contribution in [3.05, 3.63) is 11.6 Å². The summed E-state index contributed by atoms with van der Waals surface area (Å²) in [4.78, 5) is 0. The van der Waals surface area contributed by atoms with Crippen LogP contribution in [0.4, 0.5) is 0 Å². The highest BCUT2D eigenvalue weighted by Gasteiger charge is 2.63. The molecule has 5 aliphatic rings. The lowest BCUT2D eigenvalue weighted by molar-refractivity contribution is -0.0920. The van der Waals surface area contributed by atoms with Gasteiger partial charge in [-0.25, -0.2) is 0 Å². The van der Waals surface area contributed by atoms with Gasteiger partial charge in [-0.1, -0.05) is 45.3 Å². The summed E-state index contributed by atoms with van der Waals surface area (Å²) in [6, 6.07) is 0. The molecule has 0 bridgehead atoms. The molecule has 4 fully saturated rings. The van der Waals surface area contributed by atoms with Gasteiger partial charge in [-0.3, -0.25) is 0 Å². The second-order valence-corrected chi connectivity index (χ2v) is 11.3. The van der Waals surface area contributed by atoms with Gasteiger partial charge in [0.2, 0.25) is 0 Å². The van der Waals surface area contributed by atoms with E-state index in [9.17, 15) is 0 Å². The van der Waals surface area contributed by atoms with Crippen LogP contribution >= 0.6 is 0 Å². The van der Waals surface area contributed by atoms with Crippen molar-refractivity contribution in [2.45, 2.75) is 104 Å². The molecule has 0 nitrogen and oxygen atoms in total. The average Bonchev–Trinajstić information content (AvgIpc) is 3.22. The van der Waals surface area contributed by atoms with Crippen LogP contribution in [-0.4, -0.2) is 0 Å². The lowest BCUT2D eigenvalue weighted by atomic mass is 9.44. The van der Waals surface area contributed by atoms with Gasteiger partial charge < -0.3 is 0 Å². The quantitative estimate of drug-likeness (QED) is 0.433. The van der Waals surface area contributed by atoms with Gasteiger partial charge in [0.15, 0.2) is 0 Å². The zero-order chi connectivity index (χ0) is 17.3. The molecule has 0 heteroatoms. The maximum Gasteiger partial charge on any atom is -0.00853 e. The van der Waals surface area contributed by atoms with Crippen LogP contribution in [0.2, 0.25) is 0 Å². The van der Waals surface area contributed by atoms with Crippen molar-refractivity contribution >= 4 is 0 Å². The standard InChI is InChI=1S/C25H40/c1-23-15-7-6-8-18(23)11-12-20-21(23)13-17-25(3)22(20)14-16-24(25,2)19-9-4-5-10-19/h8,19-22H,4-7,9-17H2,1-3H3/t20?,21-,22-,23-,24+,25-/m0/s1. The Labute approximate surface area is 156 Å². The van der Waals surface area contributed by atoms with Crippen molar-refractivity contribution < 1.29 is 0 Å². The first-order valence-electron chi connectivity index (χ1n) is 11.7. The van der Waals surface area contributed by atoms with E-state index in [-0.39, 0.29) is 0 Å². The van der Waals surface area contributed by atoms with Gasteiger partial charge in [-0.2, -0.15) is 0 Å². The summed E-state index contributed by atoms with van der Waals surface area (Å²) in [5, 5.41) is 0. The van der Waals surface area contributed by atoms with Crippen molar-refractivity contribution in [2.75, 3.05) is 0 Å². The molecule has 0 N–H and O–H groups in total. The smallest absolute Gasteiger partial charge is 0.00853 e. The molecule has 0 heterocycles. The molecular formula is C25H40. The molecule has 25 heavy (non-hydrogen) atoms. The van der Waals surface area contributed by atoms with Gasteiger partial charge in [0, 0.05) is 0 Å². The lowest BCUT2D eigenvalue weighted by Crippen LogP contribution is -2.53. The maximum atomic E-state index is 2.76. The third-order valence-corrected chi connectivity index (χ3v) is 11.0. The van der Waals surface area contributed by atoms with Crippen LogP contribution in [0.15, 0.2) is 11.6 Å². The first-order valence-corrected chi connectivity index (χ1v) is 11.7. The molecule has 4 saturated carbocycles. The first kappa shape index (κ1) is 16.9. The zero-order valence-corrected chi connectivity index (χ0v) is 17.1. The monoisotopic (exact) mass is 340 g/mol. The fourth-order valence-electron chi connectivity index (χ4n) is 9.29. The zero-order valence-electron chi connectivity index (χ0n) is 17.1. The predicted molar refractivity (Wildman–Crippen MR) is 106 cm³/mol. The van der Waals surface area contributed by atoms with E-state index in [2.05, 4.69) is 26.8 Å². The second-order valence-electron chi connectivity index (χ2n) is 11.3. The summed E-state index contributed by atoms with van der Waals surface area (Å²) >= 11 is 0. The van der Waals surface area contributed by atoms with E-state index in [1.54, 1.807) is 12.8 Å². The molecule has 0 saturated heterocycles. The van der Waals surface area contributed by atoms with E-state index in [4.69, 9.17) is 0 Å². The third kappa shape index (κ3) is 2.12. The molecule has 0 aromatic carbocycles. The minimum absolute atomic E-state index is 0.578. The van der Waals surface area contributed by atoms with Crippen LogP contribution in [0.5, 0.6) is 0 Å². The maximum absolute atomic E-state index is 2.76. The summed E-state index contributed by atoms with van der Waals surface area (Å²) in [6.07, 6.45) is 22.2. The van der Waals surface area contributed by atoms with Crippen LogP contribution in [0.3, 0.4) is 0 Å². The normalized spacial score (nSPS) is 53.1. The fourth-order valence-corrected chi connectivity index (χ4v) is 9.29. The Morgan fingerprint density at radius 3 is 2.28 bits per heavy atom. The summed E-state index contributed by atoms with van der Waals surface area (Å²) < 4.78 is 0. The van der Waals surface area contributed by atoms with Crippen LogP contribution < -0.4 is 0 Å². The topological polar surface area (TPSA) is 0 Å². The van der Waals surface area contributed by atoms with Crippen molar-refractivity contribution in [2.24, 2.45) is 39.9 Å². The molecule has 5 rings (SSSR count). The molecule has 6 atom stereocenters. The Morgan fingerprint density at radius 1 is 0.760 bits per heavy atom. The Morgan fingerprint density at radius 2 is 1.48 bits per heavy atom. The molecule has 140 valence electrons. The molecule has 0 radical (unpaired) electrons. The number of rotatable bonds is 1. The molecule has 0 amide bonds. The summed E-state index contributed by atoms with van der Waals surface area (Å²) in [5.74, 6) is 4.14. The number of hydrogen-bond acceptors (Lipinski definition) is 0. The Hall–Kier alpha value is -0.260. The van der Waals surface area contributed by atoms with Crippen LogP contribution in [0, 0.1) is 39.9 Å². The van der Waals surface area contributed by atoms with E-state index in [0.717, 1.165) is 23.7 Å². The summed E-state index contributed by atoms with van der Waals surface area (Å²) in [5.41, 5.74) is 3.76. The molecular weight excluding hydrogens is 300 g/mol. The van der Waals surface area contributed by atoms with E-state index in [1.165, 1.54) is 70.6 Å². The van der Waals surface area contributed by atoms with Gasteiger partial charge in [0.05, 0.1) is 0 Å². The third-order valence-electron chi connectivity index (χ3n) is 11.0. The SMILES string of the molecule is C[C@]12CCCC=C1CCC1[C@@H]2CC[C@@]2(C)[C@H]1CC[C@]2(C)C1CCCC1. The van der Waals surface area contributed by atoms with Gasteiger partial charge in [-0.15, -0.1) is 0 Å². The van der Waals surface area contributed by atoms with E-state index < -0.39 is 0 Å². The largest absolute Gasteiger partial charge is 0.0848 e. The van der Waals surface area contributed by atoms with Crippen molar-refractivity contribution in [1.29, 1.82) is 0 Å². The average molecular weight is 341 g/mol. The molecule has 1 unspecified atom stereocenters. The minimum Gasteiger partial charge on any atom is -0.0848 e. The van der Waals surface area contributed by atoms with Gasteiger partial charge in [-0.05, 0) is 111 Å². The van der Waals surface area contributed by atoms with E-state index in [0.29, 0.717) is 16.2 Å². The molecule has 0 aliphatic heterocycles. The molecule has 0 aromatic heterocycles. The fraction of sp³-hybridized carbons (Fsp3) is 0.920. The van der Waals surface area contributed by atoms with Gasteiger partial charge in [0.25, 0.3) is 0 Å². The lowest BCUT2D eigenvalue weighted by Gasteiger charge is -2.60. The second kappa shape index (κ2) is 5.62. The van der Waals surface area contributed by atoms with Crippen molar-refractivity contribution in [1.82, 2.24) is 0 Å². The Bertz CT molecular complexity index is 567. The molecule has 5 aliphatic carbocycles. The molecule has 0 aromatic rings. The van der Waals surface area contributed by atoms with Gasteiger partial charge in [0.1, 0.15) is 0 Å². The molecule has 0 spiro atoms. The summed E-state index contributed by atoms with van der Waals surface area (Å²) in [7, 11) is 0. The van der Waals surface area contributed by atoms with Gasteiger partial charge >= 0.3 is 0 Å². The van der Waals surface area contributed by atoms with E-state index >= 15 is 0 Å². The number of hydrogen-bond donors (Lipinski definition) is 0.